The summed E-state index contributed by atoms with van der Waals surface area (Å²) in [6, 6.07) is 3.58. The maximum absolute atomic E-state index is 12.1. The molecule has 0 aliphatic carbocycles. The van der Waals surface area contributed by atoms with Crippen molar-refractivity contribution in [2.45, 2.75) is 13.8 Å². The van der Waals surface area contributed by atoms with E-state index in [4.69, 9.17) is 5.73 Å². The number of aromatic nitrogens is 1. The van der Waals surface area contributed by atoms with Gasteiger partial charge >= 0.3 is 0 Å². The van der Waals surface area contributed by atoms with Gasteiger partial charge in [0.2, 0.25) is 0 Å². The van der Waals surface area contributed by atoms with Crippen LogP contribution in [-0.4, -0.2) is 35.9 Å². The van der Waals surface area contributed by atoms with E-state index in [0.29, 0.717) is 24.6 Å². The summed E-state index contributed by atoms with van der Waals surface area (Å²) in [5, 5.41) is 0. The summed E-state index contributed by atoms with van der Waals surface area (Å²) in [5.41, 5.74) is 6.96. The highest BCUT2D eigenvalue weighted by molar-refractivity contribution is 5.94. The Kier molecular flexibility index (Phi) is 4.43. The van der Waals surface area contributed by atoms with Gasteiger partial charge in [-0.05, 0) is 31.5 Å². The third kappa shape index (κ3) is 3.03. The van der Waals surface area contributed by atoms with Crippen molar-refractivity contribution >= 4 is 5.91 Å². The van der Waals surface area contributed by atoms with Gasteiger partial charge in [-0.3, -0.25) is 9.78 Å². The molecule has 0 radical (unpaired) electrons. The second-order valence-corrected chi connectivity index (χ2v) is 4.16. The first-order chi connectivity index (χ1) is 7.56. The molecule has 0 fully saturated rings. The summed E-state index contributed by atoms with van der Waals surface area (Å²) in [4.78, 5) is 17.9. The zero-order valence-corrected chi connectivity index (χ0v) is 10.1. The van der Waals surface area contributed by atoms with Crippen molar-refractivity contribution in [1.82, 2.24) is 9.88 Å². The van der Waals surface area contributed by atoms with Gasteiger partial charge in [0.25, 0.3) is 5.91 Å². The molecule has 0 spiro atoms. The lowest BCUT2D eigenvalue weighted by atomic mass is 10.1. The van der Waals surface area contributed by atoms with E-state index in [1.54, 1.807) is 30.3 Å². The van der Waals surface area contributed by atoms with Crippen LogP contribution in [0.1, 0.15) is 23.0 Å². The van der Waals surface area contributed by atoms with Crippen LogP contribution in [0.4, 0.5) is 0 Å². The van der Waals surface area contributed by atoms with Crippen molar-refractivity contribution in [2.24, 2.45) is 11.7 Å². The second kappa shape index (κ2) is 5.61. The number of aryl methyl sites for hydroxylation is 1. The van der Waals surface area contributed by atoms with Crippen molar-refractivity contribution in [3.05, 3.63) is 29.6 Å². The molecule has 0 aliphatic heterocycles. The second-order valence-electron chi connectivity index (χ2n) is 4.16. The van der Waals surface area contributed by atoms with Crippen LogP contribution in [0, 0.1) is 12.8 Å². The number of hydrogen-bond acceptors (Lipinski definition) is 3. The van der Waals surface area contributed by atoms with Crippen LogP contribution in [0.15, 0.2) is 18.3 Å². The molecule has 4 nitrogen and oxygen atoms in total. The maximum atomic E-state index is 12.1. The Morgan fingerprint density at radius 1 is 1.62 bits per heavy atom. The molecule has 0 bridgehead atoms. The molecular formula is C12H19N3O. The summed E-state index contributed by atoms with van der Waals surface area (Å²) >= 11 is 0. The summed E-state index contributed by atoms with van der Waals surface area (Å²) < 4.78 is 0. The van der Waals surface area contributed by atoms with Gasteiger partial charge in [0.1, 0.15) is 0 Å². The molecule has 1 atom stereocenters. The number of nitrogens with zero attached hydrogens (tertiary/aromatic N) is 2. The maximum Gasteiger partial charge on any atom is 0.255 e. The van der Waals surface area contributed by atoms with Gasteiger partial charge in [-0.2, -0.15) is 0 Å². The Morgan fingerprint density at radius 2 is 2.31 bits per heavy atom. The third-order valence-electron chi connectivity index (χ3n) is 2.57. The first kappa shape index (κ1) is 12.6. The smallest absolute Gasteiger partial charge is 0.255 e. The molecule has 1 unspecified atom stereocenters. The first-order valence-corrected chi connectivity index (χ1v) is 5.43. The lowest BCUT2D eigenvalue weighted by Gasteiger charge is -2.21. The highest BCUT2D eigenvalue weighted by Gasteiger charge is 2.15. The number of hydrogen-bond donors (Lipinski definition) is 1. The van der Waals surface area contributed by atoms with E-state index < -0.39 is 0 Å². The van der Waals surface area contributed by atoms with E-state index in [2.05, 4.69) is 4.98 Å². The predicted octanol–water partition coefficient (Wildman–Crippen LogP) is 1.06. The average molecular weight is 221 g/mol. The topological polar surface area (TPSA) is 59.2 Å². The zero-order valence-electron chi connectivity index (χ0n) is 10.1. The lowest BCUT2D eigenvalue weighted by Crippen LogP contribution is -2.33. The van der Waals surface area contributed by atoms with Gasteiger partial charge in [0.15, 0.2) is 0 Å². The van der Waals surface area contributed by atoms with Crippen molar-refractivity contribution in [1.29, 1.82) is 0 Å². The van der Waals surface area contributed by atoms with Crippen LogP contribution in [0.25, 0.3) is 0 Å². The fourth-order valence-corrected chi connectivity index (χ4v) is 1.54. The number of rotatable bonds is 4. The number of amides is 1. The molecule has 1 aromatic heterocycles. The molecule has 1 aromatic rings. The molecule has 0 aliphatic rings. The fourth-order valence-electron chi connectivity index (χ4n) is 1.54. The van der Waals surface area contributed by atoms with E-state index in [0.717, 1.165) is 5.69 Å². The number of carbonyl (C=O) groups is 1. The molecule has 2 N–H and O–H groups in total. The molecule has 1 rings (SSSR count). The molecule has 1 heterocycles. The monoisotopic (exact) mass is 221 g/mol. The molecule has 88 valence electrons. The van der Waals surface area contributed by atoms with E-state index >= 15 is 0 Å². The van der Waals surface area contributed by atoms with E-state index in [-0.39, 0.29) is 5.91 Å². The van der Waals surface area contributed by atoms with E-state index in [9.17, 15) is 4.79 Å². The van der Waals surface area contributed by atoms with Gasteiger partial charge in [0, 0.05) is 25.5 Å². The molecule has 0 aromatic carbocycles. The zero-order chi connectivity index (χ0) is 12.1. The van der Waals surface area contributed by atoms with Crippen LogP contribution in [-0.2, 0) is 0 Å². The van der Waals surface area contributed by atoms with Crippen LogP contribution >= 0.6 is 0 Å². The van der Waals surface area contributed by atoms with Crippen molar-refractivity contribution in [3.63, 3.8) is 0 Å². The largest absolute Gasteiger partial charge is 0.341 e. The molecule has 16 heavy (non-hydrogen) atoms. The van der Waals surface area contributed by atoms with Crippen LogP contribution in [0.3, 0.4) is 0 Å². The van der Waals surface area contributed by atoms with E-state index in [1.807, 2.05) is 13.8 Å². The van der Waals surface area contributed by atoms with Crippen molar-refractivity contribution < 1.29 is 4.79 Å². The lowest BCUT2D eigenvalue weighted by molar-refractivity contribution is 0.0776. The first-order valence-electron chi connectivity index (χ1n) is 5.43. The average Bonchev–Trinajstić information content (AvgIpc) is 2.28. The van der Waals surface area contributed by atoms with Gasteiger partial charge in [-0.15, -0.1) is 0 Å². The van der Waals surface area contributed by atoms with Crippen LogP contribution in [0.5, 0.6) is 0 Å². The SMILES string of the molecule is Cc1ncccc1C(=O)N(C)CC(C)CN. The number of nitrogens with two attached hydrogens (primary N) is 1. The summed E-state index contributed by atoms with van der Waals surface area (Å²) in [5.74, 6) is 0.317. The van der Waals surface area contributed by atoms with Crippen LogP contribution in [0.2, 0.25) is 0 Å². The summed E-state index contributed by atoms with van der Waals surface area (Å²) in [6.45, 7) is 5.13. The van der Waals surface area contributed by atoms with Gasteiger partial charge < -0.3 is 10.6 Å². The Hall–Kier alpha value is -1.42. The summed E-state index contributed by atoms with van der Waals surface area (Å²) in [6.07, 6.45) is 1.69. The minimum absolute atomic E-state index is 0.00546. The minimum atomic E-state index is 0.00546. The minimum Gasteiger partial charge on any atom is -0.341 e. The van der Waals surface area contributed by atoms with Crippen LogP contribution < -0.4 is 5.73 Å². The Morgan fingerprint density at radius 3 is 2.88 bits per heavy atom. The quantitative estimate of drug-likeness (QED) is 0.827. The fraction of sp³-hybridized carbons (Fsp3) is 0.500. The highest BCUT2D eigenvalue weighted by Crippen LogP contribution is 2.08. The molecule has 1 amide bonds. The molecule has 4 heteroatoms. The van der Waals surface area contributed by atoms with Crippen molar-refractivity contribution in [2.75, 3.05) is 20.1 Å². The van der Waals surface area contributed by atoms with Gasteiger partial charge in [0.05, 0.1) is 5.56 Å². The number of pyridine rings is 1. The Bertz CT molecular complexity index is 365. The molecule has 0 saturated carbocycles. The van der Waals surface area contributed by atoms with Gasteiger partial charge in [-0.25, -0.2) is 0 Å². The Labute approximate surface area is 96.5 Å². The van der Waals surface area contributed by atoms with Gasteiger partial charge in [-0.1, -0.05) is 6.92 Å². The predicted molar refractivity (Wildman–Crippen MR) is 64.2 cm³/mol. The van der Waals surface area contributed by atoms with E-state index in [1.165, 1.54) is 0 Å². The molecule has 0 saturated heterocycles. The highest BCUT2D eigenvalue weighted by atomic mass is 16.2. The van der Waals surface area contributed by atoms with Crippen molar-refractivity contribution in [3.8, 4) is 0 Å². The standard InChI is InChI=1S/C12H19N3O/c1-9(7-13)8-15(3)12(16)11-5-4-6-14-10(11)2/h4-6,9H,7-8,13H2,1-3H3. The normalized spacial score (nSPS) is 12.2. The third-order valence-corrected chi connectivity index (χ3v) is 2.57. The Balaban J connectivity index is 2.75. The summed E-state index contributed by atoms with van der Waals surface area (Å²) in [7, 11) is 1.79. The molecular weight excluding hydrogens is 202 g/mol. The number of carbonyl (C=O) groups excluding carboxylic acids is 1.